The van der Waals surface area contributed by atoms with Gasteiger partial charge in [0.2, 0.25) is 5.89 Å². The summed E-state index contributed by atoms with van der Waals surface area (Å²) in [5.74, 6) is 1.44. The molecule has 20 heavy (non-hydrogen) atoms. The van der Waals surface area contributed by atoms with E-state index >= 15 is 0 Å². The summed E-state index contributed by atoms with van der Waals surface area (Å²) in [5, 5.41) is 3.13. The number of benzene rings is 2. The molecule has 1 heterocycles. The molecule has 0 aliphatic rings. The summed E-state index contributed by atoms with van der Waals surface area (Å²) >= 11 is 0. The maximum atomic E-state index is 5.88. The lowest BCUT2D eigenvalue weighted by Crippen LogP contribution is -1.88. The van der Waals surface area contributed by atoms with Crippen molar-refractivity contribution in [2.75, 3.05) is 19.5 Å². The molecule has 0 atom stereocenters. The Balaban J connectivity index is 2.09. The molecular formula is C16H16N2O2. The molecule has 3 aromatic rings. The molecule has 2 aromatic carbocycles. The average Bonchev–Trinajstić information content (AvgIpc) is 2.92. The Hall–Kier alpha value is -2.49. The normalized spacial score (nSPS) is 10.8. The molecule has 102 valence electrons. The maximum absolute atomic E-state index is 5.88. The van der Waals surface area contributed by atoms with Crippen molar-refractivity contribution in [1.82, 2.24) is 4.98 Å². The van der Waals surface area contributed by atoms with E-state index in [4.69, 9.17) is 9.15 Å². The second-order valence-electron chi connectivity index (χ2n) is 4.64. The third kappa shape index (κ3) is 2.09. The Bertz CT molecular complexity index is 745. The van der Waals surface area contributed by atoms with Gasteiger partial charge in [-0.1, -0.05) is 0 Å². The first-order chi connectivity index (χ1) is 9.71. The van der Waals surface area contributed by atoms with Crippen molar-refractivity contribution in [3.8, 4) is 17.2 Å². The van der Waals surface area contributed by atoms with Crippen LogP contribution in [0.1, 0.15) is 5.56 Å². The van der Waals surface area contributed by atoms with Crippen molar-refractivity contribution < 1.29 is 9.15 Å². The van der Waals surface area contributed by atoms with E-state index in [0.29, 0.717) is 5.89 Å². The molecule has 0 saturated carbocycles. The van der Waals surface area contributed by atoms with Crippen LogP contribution in [0.15, 0.2) is 40.8 Å². The van der Waals surface area contributed by atoms with Gasteiger partial charge in [-0.05, 0) is 48.9 Å². The van der Waals surface area contributed by atoms with Crippen LogP contribution in [0.3, 0.4) is 0 Å². The van der Waals surface area contributed by atoms with Crippen LogP contribution in [0.2, 0.25) is 0 Å². The highest BCUT2D eigenvalue weighted by Crippen LogP contribution is 2.29. The van der Waals surface area contributed by atoms with Crippen LogP contribution in [-0.2, 0) is 0 Å². The zero-order valence-corrected chi connectivity index (χ0v) is 11.7. The lowest BCUT2D eigenvalue weighted by Gasteiger charge is -2.00. The summed E-state index contributed by atoms with van der Waals surface area (Å²) < 4.78 is 11.0. The van der Waals surface area contributed by atoms with E-state index in [1.807, 2.05) is 50.4 Å². The smallest absolute Gasteiger partial charge is 0.227 e. The molecule has 1 aromatic heterocycles. The van der Waals surface area contributed by atoms with Gasteiger partial charge in [0.05, 0.1) is 7.11 Å². The summed E-state index contributed by atoms with van der Waals surface area (Å²) in [5.41, 5.74) is 4.73. The van der Waals surface area contributed by atoms with E-state index < -0.39 is 0 Å². The third-order valence-electron chi connectivity index (χ3n) is 3.30. The van der Waals surface area contributed by atoms with E-state index in [1.165, 1.54) is 0 Å². The molecule has 0 unspecified atom stereocenters. The fourth-order valence-corrected chi connectivity index (χ4v) is 2.20. The molecular weight excluding hydrogens is 252 g/mol. The van der Waals surface area contributed by atoms with Crippen LogP contribution < -0.4 is 10.1 Å². The lowest BCUT2D eigenvalue weighted by molar-refractivity contribution is 0.415. The number of fused-ring (bicyclic) bond motifs is 1. The molecule has 0 fully saturated rings. The fraction of sp³-hybridized carbons (Fsp3) is 0.188. The van der Waals surface area contributed by atoms with Crippen LogP contribution in [0, 0.1) is 6.92 Å². The number of anilines is 1. The molecule has 4 nitrogen and oxygen atoms in total. The first kappa shape index (κ1) is 12.5. The van der Waals surface area contributed by atoms with E-state index in [-0.39, 0.29) is 0 Å². The number of hydrogen-bond acceptors (Lipinski definition) is 4. The van der Waals surface area contributed by atoms with Gasteiger partial charge in [-0.3, -0.25) is 0 Å². The Kier molecular flexibility index (Phi) is 3.06. The Morgan fingerprint density at radius 3 is 2.55 bits per heavy atom. The van der Waals surface area contributed by atoms with Gasteiger partial charge in [0.1, 0.15) is 11.3 Å². The Labute approximate surface area is 117 Å². The Morgan fingerprint density at radius 1 is 1.15 bits per heavy atom. The Morgan fingerprint density at radius 2 is 1.90 bits per heavy atom. The molecule has 0 aliphatic carbocycles. The van der Waals surface area contributed by atoms with Crippen molar-refractivity contribution in [2.45, 2.75) is 6.92 Å². The van der Waals surface area contributed by atoms with Crippen molar-refractivity contribution >= 4 is 16.8 Å². The first-order valence-corrected chi connectivity index (χ1v) is 6.44. The van der Waals surface area contributed by atoms with Gasteiger partial charge < -0.3 is 14.5 Å². The van der Waals surface area contributed by atoms with Crippen LogP contribution in [-0.4, -0.2) is 19.1 Å². The number of ether oxygens (including phenoxy) is 1. The lowest BCUT2D eigenvalue weighted by atomic mass is 10.2. The van der Waals surface area contributed by atoms with E-state index in [0.717, 1.165) is 33.7 Å². The number of nitrogens with zero attached hydrogens (tertiary/aromatic N) is 1. The monoisotopic (exact) mass is 268 g/mol. The fourth-order valence-electron chi connectivity index (χ4n) is 2.20. The molecule has 0 amide bonds. The van der Waals surface area contributed by atoms with Crippen molar-refractivity contribution in [2.24, 2.45) is 0 Å². The summed E-state index contributed by atoms with van der Waals surface area (Å²) in [7, 11) is 3.54. The topological polar surface area (TPSA) is 47.3 Å². The third-order valence-corrected chi connectivity index (χ3v) is 3.30. The van der Waals surface area contributed by atoms with Crippen LogP contribution in [0.4, 0.5) is 5.69 Å². The summed E-state index contributed by atoms with van der Waals surface area (Å²) in [6.45, 7) is 2.02. The quantitative estimate of drug-likeness (QED) is 0.783. The molecule has 0 aliphatic heterocycles. The van der Waals surface area contributed by atoms with E-state index in [9.17, 15) is 0 Å². The minimum atomic E-state index is 0.624. The van der Waals surface area contributed by atoms with Crippen LogP contribution in [0.5, 0.6) is 5.75 Å². The number of oxazole rings is 1. The number of hydrogen-bond donors (Lipinski definition) is 1. The summed E-state index contributed by atoms with van der Waals surface area (Å²) in [6.07, 6.45) is 0. The van der Waals surface area contributed by atoms with Crippen LogP contribution in [0.25, 0.3) is 22.6 Å². The van der Waals surface area contributed by atoms with Gasteiger partial charge in [0, 0.05) is 18.3 Å². The molecule has 0 spiro atoms. The highest BCUT2D eigenvalue weighted by atomic mass is 16.5. The van der Waals surface area contributed by atoms with Gasteiger partial charge in [-0.2, -0.15) is 0 Å². The minimum absolute atomic E-state index is 0.624. The molecule has 0 saturated heterocycles. The van der Waals surface area contributed by atoms with Gasteiger partial charge in [-0.25, -0.2) is 4.98 Å². The summed E-state index contributed by atoms with van der Waals surface area (Å²) in [4.78, 5) is 4.56. The summed E-state index contributed by atoms with van der Waals surface area (Å²) in [6, 6.07) is 11.7. The highest BCUT2D eigenvalue weighted by Gasteiger charge is 2.11. The molecule has 1 N–H and O–H groups in total. The largest absolute Gasteiger partial charge is 0.497 e. The van der Waals surface area contributed by atoms with Crippen molar-refractivity contribution in [1.29, 1.82) is 0 Å². The number of aromatic nitrogens is 1. The molecule has 0 radical (unpaired) electrons. The number of rotatable bonds is 3. The van der Waals surface area contributed by atoms with Crippen molar-refractivity contribution in [3.63, 3.8) is 0 Å². The average molecular weight is 268 g/mol. The standard InChI is InChI=1S/C16H16N2O2/c1-10-8-12(17-2)9-14-15(10)20-16(18-14)11-4-6-13(19-3)7-5-11/h4-9,17H,1-3H3. The minimum Gasteiger partial charge on any atom is -0.497 e. The van der Waals surface area contributed by atoms with E-state index in [2.05, 4.69) is 10.3 Å². The maximum Gasteiger partial charge on any atom is 0.227 e. The molecule has 3 rings (SSSR count). The molecule has 4 heteroatoms. The number of methoxy groups -OCH3 is 1. The highest BCUT2D eigenvalue weighted by molar-refractivity contribution is 5.83. The van der Waals surface area contributed by atoms with Gasteiger partial charge >= 0.3 is 0 Å². The van der Waals surface area contributed by atoms with Gasteiger partial charge in [0.25, 0.3) is 0 Å². The predicted molar refractivity (Wildman–Crippen MR) is 80.3 cm³/mol. The second kappa shape index (κ2) is 4.89. The van der Waals surface area contributed by atoms with Gasteiger partial charge in [-0.15, -0.1) is 0 Å². The second-order valence-corrected chi connectivity index (χ2v) is 4.64. The number of aryl methyl sites for hydroxylation is 1. The number of nitrogens with one attached hydrogen (secondary N) is 1. The molecule has 0 bridgehead atoms. The van der Waals surface area contributed by atoms with Crippen LogP contribution >= 0.6 is 0 Å². The van der Waals surface area contributed by atoms with E-state index in [1.54, 1.807) is 7.11 Å². The first-order valence-electron chi connectivity index (χ1n) is 6.44. The predicted octanol–water partition coefficient (Wildman–Crippen LogP) is 3.85. The van der Waals surface area contributed by atoms with Crippen molar-refractivity contribution in [3.05, 3.63) is 42.0 Å². The zero-order chi connectivity index (χ0) is 14.1. The van der Waals surface area contributed by atoms with Gasteiger partial charge in [0.15, 0.2) is 5.58 Å². The zero-order valence-electron chi connectivity index (χ0n) is 11.7. The SMILES string of the molecule is CNc1cc(C)c2oc(-c3ccc(OC)cc3)nc2c1.